The van der Waals surface area contributed by atoms with Crippen molar-refractivity contribution < 1.29 is 13.2 Å². The van der Waals surface area contributed by atoms with Gasteiger partial charge in [-0.25, -0.2) is 18.2 Å². The molecule has 10 heteroatoms. The lowest BCUT2D eigenvalue weighted by Crippen LogP contribution is -2.46. The monoisotopic (exact) mass is 503 g/mol. The van der Waals surface area contributed by atoms with Crippen LogP contribution in [-0.2, 0) is 16.6 Å². The molecule has 0 radical (unpaired) electrons. The number of amides is 1. The molecule has 34 heavy (non-hydrogen) atoms. The second-order valence-corrected chi connectivity index (χ2v) is 10.3. The summed E-state index contributed by atoms with van der Waals surface area (Å²) in [6, 6.07) is 17.4. The average molecular weight is 504 g/mol. The van der Waals surface area contributed by atoms with E-state index < -0.39 is 10.0 Å². The van der Waals surface area contributed by atoms with Crippen LogP contribution in [0.2, 0.25) is 0 Å². The fourth-order valence-corrected chi connectivity index (χ4v) is 4.73. The number of carbonyl (C=O) groups is 1. The number of benzene rings is 2. The van der Waals surface area contributed by atoms with Gasteiger partial charge in [0.1, 0.15) is 6.33 Å². The normalized spacial score (nSPS) is 14.9. The van der Waals surface area contributed by atoms with E-state index in [2.05, 4.69) is 38.9 Å². The zero-order chi connectivity index (χ0) is 23.4. The highest BCUT2D eigenvalue weighted by Gasteiger charge is 2.26. The fraction of sp³-hybridized carbons (Fsp3) is 0.333. The standard InChI is InChI=1S/C24H29N5O3S.ClH/c1-27(22-11-13-28(14-12-22)16-19-7-4-3-5-8-19)24(30)29-17-23(25-18-29)20-9-6-10-21(15-20)26-33(2,31)32;/h3-10,15,17-18,22,26H,11-14,16H2,1-2H3;1H. The molecule has 1 N–H and O–H groups in total. The maximum atomic E-state index is 13.1. The Labute approximate surface area is 207 Å². The largest absolute Gasteiger partial charge is 0.329 e. The van der Waals surface area contributed by atoms with Crippen molar-refractivity contribution in [2.45, 2.75) is 25.4 Å². The summed E-state index contributed by atoms with van der Waals surface area (Å²) in [5.74, 6) is 0. The van der Waals surface area contributed by atoms with Gasteiger partial charge in [-0.3, -0.25) is 14.2 Å². The van der Waals surface area contributed by atoms with E-state index in [9.17, 15) is 13.2 Å². The lowest BCUT2D eigenvalue weighted by Gasteiger charge is -2.36. The van der Waals surface area contributed by atoms with E-state index in [1.807, 2.05) is 19.2 Å². The van der Waals surface area contributed by atoms with Crippen LogP contribution in [0.1, 0.15) is 18.4 Å². The molecule has 1 aliphatic heterocycles. The maximum absolute atomic E-state index is 13.1. The van der Waals surface area contributed by atoms with Crippen LogP contribution in [0.15, 0.2) is 67.1 Å². The van der Waals surface area contributed by atoms with Gasteiger partial charge in [0, 0.05) is 50.2 Å². The number of halogens is 1. The van der Waals surface area contributed by atoms with Crippen molar-refractivity contribution in [3.8, 4) is 11.3 Å². The molecule has 0 atom stereocenters. The van der Waals surface area contributed by atoms with E-state index in [1.54, 1.807) is 29.3 Å². The number of sulfonamides is 1. The van der Waals surface area contributed by atoms with E-state index in [-0.39, 0.29) is 24.5 Å². The summed E-state index contributed by atoms with van der Waals surface area (Å²) in [4.78, 5) is 21.6. The van der Waals surface area contributed by atoms with Crippen molar-refractivity contribution in [2.75, 3.05) is 31.1 Å². The maximum Gasteiger partial charge on any atom is 0.329 e. The van der Waals surface area contributed by atoms with E-state index in [4.69, 9.17) is 0 Å². The first-order chi connectivity index (χ1) is 15.8. The third kappa shape index (κ3) is 6.59. The minimum Gasteiger partial charge on any atom is -0.324 e. The number of imidazole rings is 1. The smallest absolute Gasteiger partial charge is 0.324 e. The van der Waals surface area contributed by atoms with Gasteiger partial charge in [-0.1, -0.05) is 42.5 Å². The Morgan fingerprint density at radius 3 is 2.50 bits per heavy atom. The highest BCUT2D eigenvalue weighted by molar-refractivity contribution is 7.92. The van der Waals surface area contributed by atoms with Gasteiger partial charge in [-0.15, -0.1) is 12.4 Å². The molecule has 3 aromatic rings. The number of nitrogens with zero attached hydrogens (tertiary/aromatic N) is 4. The van der Waals surface area contributed by atoms with Crippen molar-refractivity contribution in [3.05, 3.63) is 72.7 Å². The van der Waals surface area contributed by atoms with Gasteiger partial charge in [0.15, 0.2) is 0 Å². The van der Waals surface area contributed by atoms with E-state index in [1.165, 1.54) is 16.5 Å². The Morgan fingerprint density at radius 1 is 1.12 bits per heavy atom. The molecule has 2 aromatic carbocycles. The third-order valence-electron chi connectivity index (χ3n) is 5.92. The number of hydrogen-bond acceptors (Lipinski definition) is 5. The SMILES string of the molecule is CN(C(=O)n1cnc(-c2cccc(NS(C)(=O)=O)c2)c1)C1CCN(Cc2ccccc2)CC1.Cl. The highest BCUT2D eigenvalue weighted by atomic mass is 35.5. The molecular weight excluding hydrogens is 474 g/mol. The molecule has 8 nitrogen and oxygen atoms in total. The van der Waals surface area contributed by atoms with Gasteiger partial charge in [0.25, 0.3) is 0 Å². The molecule has 0 bridgehead atoms. The van der Waals surface area contributed by atoms with Gasteiger partial charge in [-0.05, 0) is 30.5 Å². The number of piperidine rings is 1. The Kier molecular flexibility index (Phi) is 8.35. The first-order valence-corrected chi connectivity index (χ1v) is 12.8. The van der Waals surface area contributed by atoms with Crippen LogP contribution in [0, 0.1) is 0 Å². The summed E-state index contributed by atoms with van der Waals surface area (Å²) in [6.07, 6.45) is 6.15. The van der Waals surface area contributed by atoms with Crippen molar-refractivity contribution in [3.63, 3.8) is 0 Å². The topological polar surface area (TPSA) is 87.5 Å². The molecule has 2 heterocycles. The van der Waals surface area contributed by atoms with Crippen LogP contribution >= 0.6 is 12.4 Å². The second kappa shape index (κ2) is 11.0. The number of aromatic nitrogens is 2. The quantitative estimate of drug-likeness (QED) is 0.551. The van der Waals surface area contributed by atoms with Crippen molar-refractivity contribution >= 4 is 34.1 Å². The molecule has 0 saturated carbocycles. The molecule has 1 aromatic heterocycles. The Hall–Kier alpha value is -2.88. The zero-order valence-corrected chi connectivity index (χ0v) is 20.9. The van der Waals surface area contributed by atoms with E-state index in [0.29, 0.717) is 11.4 Å². The first kappa shape index (κ1) is 25.7. The second-order valence-electron chi connectivity index (χ2n) is 8.51. The average Bonchev–Trinajstić information content (AvgIpc) is 3.29. The van der Waals surface area contributed by atoms with E-state index in [0.717, 1.165) is 44.3 Å². The third-order valence-corrected chi connectivity index (χ3v) is 6.53. The van der Waals surface area contributed by atoms with Crippen molar-refractivity contribution in [1.29, 1.82) is 0 Å². The van der Waals surface area contributed by atoms with E-state index >= 15 is 0 Å². The fourth-order valence-electron chi connectivity index (χ4n) is 4.18. The van der Waals surface area contributed by atoms with Crippen LogP contribution in [0.25, 0.3) is 11.3 Å². The zero-order valence-electron chi connectivity index (χ0n) is 19.3. The van der Waals surface area contributed by atoms with Crippen molar-refractivity contribution in [1.82, 2.24) is 19.4 Å². The first-order valence-electron chi connectivity index (χ1n) is 10.9. The Morgan fingerprint density at radius 2 is 1.82 bits per heavy atom. The summed E-state index contributed by atoms with van der Waals surface area (Å²) >= 11 is 0. The van der Waals surface area contributed by atoms with Gasteiger partial charge in [0.05, 0.1) is 11.9 Å². The van der Waals surface area contributed by atoms with Crippen LogP contribution in [0.5, 0.6) is 0 Å². The summed E-state index contributed by atoms with van der Waals surface area (Å²) in [6.45, 7) is 2.84. The molecule has 1 fully saturated rings. The lowest BCUT2D eigenvalue weighted by molar-refractivity contribution is 0.132. The minimum absolute atomic E-state index is 0. The Balaban J connectivity index is 0.00000324. The van der Waals surface area contributed by atoms with Crippen LogP contribution in [0.3, 0.4) is 0 Å². The molecule has 1 amide bonds. The van der Waals surface area contributed by atoms with Gasteiger partial charge < -0.3 is 4.90 Å². The molecule has 0 unspecified atom stereocenters. The number of rotatable bonds is 6. The van der Waals surface area contributed by atoms with Crippen molar-refractivity contribution in [2.24, 2.45) is 0 Å². The molecule has 0 spiro atoms. The number of hydrogen-bond donors (Lipinski definition) is 1. The van der Waals surface area contributed by atoms with Crippen LogP contribution in [-0.4, -0.2) is 66.2 Å². The molecule has 182 valence electrons. The van der Waals surface area contributed by atoms with Gasteiger partial charge in [-0.2, -0.15) is 0 Å². The predicted molar refractivity (Wildman–Crippen MR) is 137 cm³/mol. The number of anilines is 1. The molecule has 1 aliphatic rings. The number of carbonyl (C=O) groups excluding carboxylic acids is 1. The molecule has 4 rings (SSSR count). The summed E-state index contributed by atoms with van der Waals surface area (Å²) in [5, 5.41) is 0. The highest BCUT2D eigenvalue weighted by Crippen LogP contribution is 2.23. The molecule has 1 saturated heterocycles. The molecule has 0 aliphatic carbocycles. The lowest BCUT2D eigenvalue weighted by atomic mass is 10.0. The van der Waals surface area contributed by atoms with Gasteiger partial charge in [0.2, 0.25) is 10.0 Å². The minimum atomic E-state index is -3.37. The summed E-state index contributed by atoms with van der Waals surface area (Å²) in [7, 11) is -1.53. The molecular formula is C24H30ClN5O3S. The number of nitrogens with one attached hydrogen (secondary N) is 1. The van der Waals surface area contributed by atoms with Crippen LogP contribution < -0.4 is 4.72 Å². The van der Waals surface area contributed by atoms with Gasteiger partial charge >= 0.3 is 6.03 Å². The Bertz CT molecular complexity index is 1210. The predicted octanol–water partition coefficient (Wildman–Crippen LogP) is 3.91. The summed E-state index contributed by atoms with van der Waals surface area (Å²) < 4.78 is 26.9. The van der Waals surface area contributed by atoms with Crippen LogP contribution in [0.4, 0.5) is 10.5 Å². The summed E-state index contributed by atoms with van der Waals surface area (Å²) in [5.41, 5.74) is 3.09. The number of likely N-dealkylation sites (tertiary alicyclic amines) is 1.